The summed E-state index contributed by atoms with van der Waals surface area (Å²) in [5.74, 6) is -0.782. The molecule has 0 saturated carbocycles. The average molecular weight is 284 g/mol. The Morgan fingerprint density at radius 1 is 1.19 bits per heavy atom. The molecule has 0 amide bonds. The molecule has 0 aliphatic carbocycles. The minimum Gasteiger partial charge on any atom is -0.481 e. The monoisotopic (exact) mass is 284 g/mol. The van der Waals surface area contributed by atoms with E-state index in [1.165, 1.54) is 5.56 Å². The van der Waals surface area contributed by atoms with Crippen LogP contribution < -0.4 is 4.90 Å². The lowest BCUT2D eigenvalue weighted by Gasteiger charge is -2.25. The summed E-state index contributed by atoms with van der Waals surface area (Å²) in [7, 11) is 0. The quantitative estimate of drug-likeness (QED) is 0.885. The van der Waals surface area contributed by atoms with E-state index in [1.807, 2.05) is 50.4 Å². The lowest BCUT2D eigenvalue weighted by molar-refractivity contribution is -0.136. The minimum atomic E-state index is -0.782. The smallest absolute Gasteiger partial charge is 0.305 e. The van der Waals surface area contributed by atoms with Crippen molar-refractivity contribution < 1.29 is 9.90 Å². The second kappa shape index (κ2) is 6.88. The third-order valence-corrected chi connectivity index (χ3v) is 3.50. The van der Waals surface area contributed by atoms with Crippen molar-refractivity contribution in [3.05, 3.63) is 59.4 Å². The SMILES string of the molecule is Cc1ccc(N(CCC(=O)O)Cc2cnccc2C)cc1. The number of anilines is 1. The summed E-state index contributed by atoms with van der Waals surface area (Å²) >= 11 is 0. The maximum atomic E-state index is 10.9. The van der Waals surface area contributed by atoms with E-state index >= 15 is 0 Å². The van der Waals surface area contributed by atoms with E-state index in [-0.39, 0.29) is 6.42 Å². The van der Waals surface area contributed by atoms with E-state index in [0.29, 0.717) is 13.1 Å². The van der Waals surface area contributed by atoms with E-state index < -0.39 is 5.97 Å². The van der Waals surface area contributed by atoms with Gasteiger partial charge in [-0.25, -0.2) is 0 Å². The van der Waals surface area contributed by atoms with Gasteiger partial charge in [0.1, 0.15) is 0 Å². The van der Waals surface area contributed by atoms with Crippen LogP contribution in [0.2, 0.25) is 0 Å². The van der Waals surface area contributed by atoms with Crippen molar-refractivity contribution >= 4 is 11.7 Å². The molecule has 0 fully saturated rings. The highest BCUT2D eigenvalue weighted by atomic mass is 16.4. The molecule has 110 valence electrons. The summed E-state index contributed by atoms with van der Waals surface area (Å²) in [6.07, 6.45) is 3.73. The van der Waals surface area contributed by atoms with Crippen LogP contribution in [0.25, 0.3) is 0 Å². The maximum Gasteiger partial charge on any atom is 0.305 e. The molecule has 2 aromatic rings. The summed E-state index contributed by atoms with van der Waals surface area (Å²) in [5.41, 5.74) is 4.50. The molecule has 0 aliphatic rings. The molecule has 0 atom stereocenters. The predicted octanol–water partition coefficient (Wildman–Crippen LogP) is 3.18. The number of pyridine rings is 1. The topological polar surface area (TPSA) is 53.4 Å². The third kappa shape index (κ3) is 4.31. The van der Waals surface area contributed by atoms with Crippen molar-refractivity contribution in [1.82, 2.24) is 4.98 Å². The Balaban J connectivity index is 2.21. The van der Waals surface area contributed by atoms with Gasteiger partial charge < -0.3 is 10.0 Å². The standard InChI is InChI=1S/C17H20N2O2/c1-13-3-5-16(6-4-13)19(10-8-17(20)21)12-15-11-18-9-7-14(15)2/h3-7,9,11H,8,10,12H2,1-2H3,(H,20,21). The fourth-order valence-electron chi connectivity index (χ4n) is 2.15. The Labute approximate surface area is 125 Å². The molecule has 21 heavy (non-hydrogen) atoms. The molecule has 0 aliphatic heterocycles. The number of hydrogen-bond donors (Lipinski definition) is 1. The summed E-state index contributed by atoms with van der Waals surface area (Å²) < 4.78 is 0. The predicted molar refractivity (Wildman–Crippen MR) is 83.5 cm³/mol. The molecule has 0 radical (unpaired) electrons. The number of nitrogens with zero attached hydrogens (tertiary/aromatic N) is 2. The van der Waals surface area contributed by atoms with Crippen LogP contribution in [0.1, 0.15) is 23.1 Å². The van der Waals surface area contributed by atoms with Gasteiger partial charge in [0.15, 0.2) is 0 Å². The largest absolute Gasteiger partial charge is 0.481 e. The van der Waals surface area contributed by atoms with Gasteiger partial charge in [-0.15, -0.1) is 0 Å². The normalized spacial score (nSPS) is 10.4. The van der Waals surface area contributed by atoms with Gasteiger partial charge in [0.2, 0.25) is 0 Å². The van der Waals surface area contributed by atoms with Gasteiger partial charge in [0, 0.05) is 31.2 Å². The second-order valence-electron chi connectivity index (χ2n) is 5.20. The van der Waals surface area contributed by atoms with Crippen molar-refractivity contribution in [1.29, 1.82) is 0 Å². The zero-order valence-corrected chi connectivity index (χ0v) is 12.4. The lowest BCUT2D eigenvalue weighted by Crippen LogP contribution is -2.26. The number of aryl methyl sites for hydroxylation is 2. The molecule has 1 N–H and O–H groups in total. The molecule has 0 bridgehead atoms. The van der Waals surface area contributed by atoms with Gasteiger partial charge >= 0.3 is 5.97 Å². The van der Waals surface area contributed by atoms with Gasteiger partial charge in [-0.2, -0.15) is 0 Å². The van der Waals surface area contributed by atoms with E-state index in [1.54, 1.807) is 6.20 Å². The van der Waals surface area contributed by atoms with Gasteiger partial charge in [-0.05, 0) is 43.2 Å². The molecule has 0 spiro atoms. The number of benzene rings is 1. The number of carbonyl (C=O) groups is 1. The molecular formula is C17H20N2O2. The van der Waals surface area contributed by atoms with Crippen LogP contribution in [0.5, 0.6) is 0 Å². The van der Waals surface area contributed by atoms with Crippen LogP contribution in [0.3, 0.4) is 0 Å². The number of carboxylic acids is 1. The number of aromatic nitrogens is 1. The van der Waals surface area contributed by atoms with Gasteiger partial charge in [0.25, 0.3) is 0 Å². The zero-order chi connectivity index (χ0) is 15.2. The minimum absolute atomic E-state index is 0.118. The van der Waals surface area contributed by atoms with Crippen molar-refractivity contribution in [3.63, 3.8) is 0 Å². The lowest BCUT2D eigenvalue weighted by atomic mass is 10.1. The van der Waals surface area contributed by atoms with Crippen molar-refractivity contribution in [2.24, 2.45) is 0 Å². The number of rotatable bonds is 6. The van der Waals surface area contributed by atoms with Crippen LogP contribution in [0.4, 0.5) is 5.69 Å². The molecule has 1 aromatic heterocycles. The van der Waals surface area contributed by atoms with Crippen LogP contribution in [-0.2, 0) is 11.3 Å². The van der Waals surface area contributed by atoms with Gasteiger partial charge in [-0.1, -0.05) is 17.7 Å². The van der Waals surface area contributed by atoms with Crippen LogP contribution >= 0.6 is 0 Å². The Kier molecular flexibility index (Phi) is 4.93. The zero-order valence-electron chi connectivity index (χ0n) is 12.4. The average Bonchev–Trinajstić information content (AvgIpc) is 2.46. The second-order valence-corrected chi connectivity index (χ2v) is 5.20. The fourth-order valence-corrected chi connectivity index (χ4v) is 2.15. The van der Waals surface area contributed by atoms with E-state index in [0.717, 1.165) is 16.8 Å². The van der Waals surface area contributed by atoms with E-state index in [2.05, 4.69) is 9.88 Å². The Bertz CT molecular complexity index is 608. The summed E-state index contributed by atoms with van der Waals surface area (Å²) in [5, 5.41) is 8.94. The highest BCUT2D eigenvalue weighted by Gasteiger charge is 2.11. The highest BCUT2D eigenvalue weighted by Crippen LogP contribution is 2.19. The molecule has 4 heteroatoms. The molecule has 1 aromatic carbocycles. The molecule has 4 nitrogen and oxygen atoms in total. The van der Waals surface area contributed by atoms with Gasteiger partial charge in [0.05, 0.1) is 6.42 Å². The summed E-state index contributed by atoms with van der Waals surface area (Å²) in [6.45, 7) is 5.22. The number of hydrogen-bond acceptors (Lipinski definition) is 3. The highest BCUT2D eigenvalue weighted by molar-refractivity contribution is 5.67. The molecular weight excluding hydrogens is 264 g/mol. The first-order chi connectivity index (χ1) is 10.1. The van der Waals surface area contributed by atoms with Crippen molar-refractivity contribution in [3.8, 4) is 0 Å². The number of aliphatic carboxylic acids is 1. The van der Waals surface area contributed by atoms with E-state index in [9.17, 15) is 4.79 Å². The van der Waals surface area contributed by atoms with Crippen LogP contribution in [-0.4, -0.2) is 22.6 Å². The maximum absolute atomic E-state index is 10.9. The first-order valence-electron chi connectivity index (χ1n) is 6.99. The fraction of sp³-hybridized carbons (Fsp3) is 0.294. The molecule has 0 unspecified atom stereocenters. The van der Waals surface area contributed by atoms with Crippen molar-refractivity contribution in [2.75, 3.05) is 11.4 Å². The van der Waals surface area contributed by atoms with Gasteiger partial charge in [-0.3, -0.25) is 9.78 Å². The summed E-state index contributed by atoms with van der Waals surface area (Å²) in [6, 6.07) is 10.1. The first kappa shape index (κ1) is 15.0. The van der Waals surface area contributed by atoms with E-state index in [4.69, 9.17) is 5.11 Å². The van der Waals surface area contributed by atoms with Crippen molar-refractivity contribution in [2.45, 2.75) is 26.8 Å². The molecule has 0 saturated heterocycles. The molecule has 1 heterocycles. The summed E-state index contributed by atoms with van der Waals surface area (Å²) in [4.78, 5) is 17.1. The van der Waals surface area contributed by atoms with Crippen LogP contribution in [0, 0.1) is 13.8 Å². The third-order valence-electron chi connectivity index (χ3n) is 3.50. The Morgan fingerprint density at radius 2 is 1.90 bits per heavy atom. The molecule has 2 rings (SSSR count). The first-order valence-corrected chi connectivity index (χ1v) is 6.99. The Hall–Kier alpha value is -2.36. The van der Waals surface area contributed by atoms with Crippen LogP contribution in [0.15, 0.2) is 42.7 Å². The Morgan fingerprint density at radius 3 is 2.52 bits per heavy atom. The number of carboxylic acid groups (broad SMARTS) is 1.